The minimum Gasteiger partial charge on any atom is -0.396 e. The Kier molecular flexibility index (Phi) is 4.19. The zero-order chi connectivity index (χ0) is 13.0. The Hall–Kier alpha value is -1.56. The van der Waals surface area contributed by atoms with Gasteiger partial charge in [0.15, 0.2) is 0 Å². The summed E-state index contributed by atoms with van der Waals surface area (Å²) in [6.45, 7) is 4.32. The van der Waals surface area contributed by atoms with E-state index in [-0.39, 0.29) is 12.5 Å². The average molecular weight is 251 g/mol. The third-order valence-electron chi connectivity index (χ3n) is 3.33. The molecule has 2 heterocycles. The molecule has 0 unspecified atom stereocenters. The predicted octanol–water partition coefficient (Wildman–Crippen LogP) is 0.0195. The number of hydrogen-bond donors (Lipinski definition) is 1. The van der Waals surface area contributed by atoms with E-state index in [9.17, 15) is 4.79 Å². The maximum Gasteiger partial charge on any atom is 0.244 e. The monoisotopic (exact) mass is 251 g/mol. The Labute approximate surface area is 107 Å². The predicted molar refractivity (Wildman–Crippen MR) is 70.0 cm³/mol. The number of carbonyl (C=O) groups is 1. The fraction of sp³-hybridized carbons (Fsp3) is 0.667. The van der Waals surface area contributed by atoms with Crippen LogP contribution in [0.1, 0.15) is 12.8 Å². The quantitative estimate of drug-likeness (QED) is 0.801. The average Bonchev–Trinajstić information content (AvgIpc) is 2.97. The number of carbonyl (C=O) groups excluding carboxylic acids is 1. The van der Waals surface area contributed by atoms with E-state index in [0.29, 0.717) is 5.69 Å². The second-order valence-electron chi connectivity index (χ2n) is 4.84. The highest BCUT2D eigenvalue weighted by atomic mass is 16.2. The van der Waals surface area contributed by atoms with Crippen LogP contribution in [-0.2, 0) is 11.3 Å². The molecule has 6 heteroatoms. The molecule has 1 saturated heterocycles. The van der Waals surface area contributed by atoms with Crippen molar-refractivity contribution in [3.8, 4) is 0 Å². The van der Waals surface area contributed by atoms with Crippen molar-refractivity contribution in [3.05, 3.63) is 12.4 Å². The molecule has 0 bridgehead atoms. The van der Waals surface area contributed by atoms with Gasteiger partial charge in [0, 0.05) is 26.3 Å². The van der Waals surface area contributed by atoms with Crippen LogP contribution in [-0.4, -0.2) is 58.7 Å². The minimum atomic E-state index is 0.0669. The van der Waals surface area contributed by atoms with Gasteiger partial charge in [0.2, 0.25) is 5.91 Å². The lowest BCUT2D eigenvalue weighted by Gasteiger charge is -2.21. The maximum absolute atomic E-state index is 11.9. The minimum absolute atomic E-state index is 0.0669. The van der Waals surface area contributed by atoms with E-state index in [0.717, 1.165) is 26.2 Å². The van der Waals surface area contributed by atoms with Gasteiger partial charge in [0.1, 0.15) is 6.54 Å². The molecule has 1 aliphatic rings. The Bertz CT molecular complexity index is 397. The number of hydrogen-bond acceptors (Lipinski definition) is 4. The molecule has 6 nitrogen and oxygen atoms in total. The number of amides is 1. The summed E-state index contributed by atoms with van der Waals surface area (Å²) in [6.07, 6.45) is 5.79. The van der Waals surface area contributed by atoms with Crippen LogP contribution in [0.25, 0.3) is 0 Å². The summed E-state index contributed by atoms with van der Waals surface area (Å²) in [5, 5.41) is 4.01. The number of anilines is 1. The lowest BCUT2D eigenvalue weighted by molar-refractivity contribution is -0.130. The lowest BCUT2D eigenvalue weighted by Crippen LogP contribution is -2.37. The third-order valence-corrected chi connectivity index (χ3v) is 3.33. The van der Waals surface area contributed by atoms with E-state index in [2.05, 4.69) is 10.00 Å². The first kappa shape index (κ1) is 12.9. The number of rotatable bonds is 5. The SMILES string of the molecule is CN(CCN1CCCC1)C(=O)Cn1cc(N)cn1. The Morgan fingerprint density at radius 1 is 1.50 bits per heavy atom. The van der Waals surface area contributed by atoms with Gasteiger partial charge in [-0.2, -0.15) is 5.10 Å². The molecule has 0 aliphatic carbocycles. The number of nitrogen functional groups attached to an aromatic ring is 1. The molecule has 1 fully saturated rings. The molecule has 0 atom stereocenters. The molecule has 1 aromatic rings. The van der Waals surface area contributed by atoms with Gasteiger partial charge in [-0.05, 0) is 25.9 Å². The van der Waals surface area contributed by atoms with E-state index in [1.165, 1.54) is 12.8 Å². The summed E-state index contributed by atoms with van der Waals surface area (Å²) in [4.78, 5) is 16.1. The second kappa shape index (κ2) is 5.86. The van der Waals surface area contributed by atoms with Crippen LogP contribution in [0, 0.1) is 0 Å². The van der Waals surface area contributed by atoms with Crippen LogP contribution in [0.15, 0.2) is 12.4 Å². The van der Waals surface area contributed by atoms with Crippen molar-refractivity contribution in [1.29, 1.82) is 0 Å². The Morgan fingerprint density at radius 3 is 2.83 bits per heavy atom. The van der Waals surface area contributed by atoms with E-state index in [4.69, 9.17) is 5.73 Å². The molecule has 2 N–H and O–H groups in total. The molecule has 1 aromatic heterocycles. The van der Waals surface area contributed by atoms with E-state index in [1.54, 1.807) is 22.0 Å². The molecule has 1 aliphatic heterocycles. The van der Waals surface area contributed by atoms with Crippen molar-refractivity contribution in [2.24, 2.45) is 0 Å². The van der Waals surface area contributed by atoms with Gasteiger partial charge in [0.05, 0.1) is 11.9 Å². The van der Waals surface area contributed by atoms with Gasteiger partial charge in [-0.25, -0.2) is 0 Å². The van der Waals surface area contributed by atoms with Crippen LogP contribution in [0.5, 0.6) is 0 Å². The number of aromatic nitrogens is 2. The number of likely N-dealkylation sites (N-methyl/N-ethyl adjacent to an activating group) is 1. The fourth-order valence-electron chi connectivity index (χ4n) is 2.15. The standard InChI is InChI=1S/C12H21N5O/c1-15(6-7-16-4-2-3-5-16)12(18)10-17-9-11(13)8-14-17/h8-9H,2-7,10,13H2,1H3. The van der Waals surface area contributed by atoms with E-state index >= 15 is 0 Å². The van der Waals surface area contributed by atoms with Gasteiger partial charge < -0.3 is 15.5 Å². The summed E-state index contributed by atoms with van der Waals surface area (Å²) in [5.41, 5.74) is 6.14. The van der Waals surface area contributed by atoms with Crippen molar-refractivity contribution in [2.45, 2.75) is 19.4 Å². The third kappa shape index (κ3) is 3.46. The van der Waals surface area contributed by atoms with E-state index in [1.807, 2.05) is 7.05 Å². The summed E-state index contributed by atoms with van der Waals surface area (Å²) in [6, 6.07) is 0. The van der Waals surface area contributed by atoms with Gasteiger partial charge in [0.25, 0.3) is 0 Å². The van der Waals surface area contributed by atoms with Gasteiger partial charge in [-0.3, -0.25) is 9.48 Å². The highest BCUT2D eigenvalue weighted by Crippen LogP contribution is 2.06. The first-order valence-corrected chi connectivity index (χ1v) is 6.39. The number of nitrogens with two attached hydrogens (primary N) is 1. The van der Waals surface area contributed by atoms with Crippen molar-refractivity contribution in [1.82, 2.24) is 19.6 Å². The first-order chi connectivity index (χ1) is 8.65. The molecule has 2 rings (SSSR count). The van der Waals surface area contributed by atoms with Crippen LogP contribution in [0.2, 0.25) is 0 Å². The van der Waals surface area contributed by atoms with Crippen LogP contribution in [0.3, 0.4) is 0 Å². The molecule has 0 spiro atoms. The number of likely N-dealkylation sites (tertiary alicyclic amines) is 1. The molecular weight excluding hydrogens is 230 g/mol. The van der Waals surface area contributed by atoms with Crippen molar-refractivity contribution >= 4 is 11.6 Å². The van der Waals surface area contributed by atoms with Crippen LogP contribution in [0.4, 0.5) is 5.69 Å². The largest absolute Gasteiger partial charge is 0.396 e. The van der Waals surface area contributed by atoms with Crippen LogP contribution < -0.4 is 5.73 Å². The number of nitrogens with zero attached hydrogens (tertiary/aromatic N) is 4. The topological polar surface area (TPSA) is 67.4 Å². The normalized spacial score (nSPS) is 16.1. The molecule has 0 radical (unpaired) electrons. The lowest BCUT2D eigenvalue weighted by atomic mass is 10.4. The smallest absolute Gasteiger partial charge is 0.244 e. The fourth-order valence-corrected chi connectivity index (χ4v) is 2.15. The molecular formula is C12H21N5O. The molecule has 1 amide bonds. The molecule has 100 valence electrons. The van der Waals surface area contributed by atoms with E-state index < -0.39 is 0 Å². The van der Waals surface area contributed by atoms with Crippen molar-refractivity contribution in [2.75, 3.05) is 39.0 Å². The summed E-state index contributed by atoms with van der Waals surface area (Å²) < 4.78 is 1.57. The van der Waals surface area contributed by atoms with Crippen molar-refractivity contribution < 1.29 is 4.79 Å². The van der Waals surface area contributed by atoms with Gasteiger partial charge >= 0.3 is 0 Å². The second-order valence-corrected chi connectivity index (χ2v) is 4.84. The highest BCUT2D eigenvalue weighted by molar-refractivity contribution is 5.75. The summed E-state index contributed by atoms with van der Waals surface area (Å²) in [7, 11) is 1.84. The first-order valence-electron chi connectivity index (χ1n) is 6.39. The summed E-state index contributed by atoms with van der Waals surface area (Å²) in [5.74, 6) is 0.0669. The maximum atomic E-state index is 11.9. The molecule has 18 heavy (non-hydrogen) atoms. The summed E-state index contributed by atoms with van der Waals surface area (Å²) >= 11 is 0. The van der Waals surface area contributed by atoms with Gasteiger partial charge in [-0.1, -0.05) is 0 Å². The Balaban J connectivity index is 1.74. The molecule has 0 aromatic carbocycles. The zero-order valence-electron chi connectivity index (χ0n) is 10.9. The van der Waals surface area contributed by atoms with Gasteiger partial charge in [-0.15, -0.1) is 0 Å². The molecule has 0 saturated carbocycles. The van der Waals surface area contributed by atoms with Crippen LogP contribution >= 0.6 is 0 Å². The van der Waals surface area contributed by atoms with Crippen molar-refractivity contribution in [3.63, 3.8) is 0 Å². The highest BCUT2D eigenvalue weighted by Gasteiger charge is 2.14. The zero-order valence-corrected chi connectivity index (χ0v) is 10.9. The Morgan fingerprint density at radius 2 is 2.22 bits per heavy atom.